The number of aryl methyl sites for hydroxylation is 2. The Hall–Kier alpha value is -2.10. The lowest BCUT2D eigenvalue weighted by Gasteiger charge is -2.14. The molecule has 106 valence electrons. The molecule has 0 saturated carbocycles. The first-order chi connectivity index (χ1) is 9.63. The van der Waals surface area contributed by atoms with E-state index in [-0.39, 0.29) is 11.9 Å². The van der Waals surface area contributed by atoms with E-state index in [0.29, 0.717) is 12.8 Å². The van der Waals surface area contributed by atoms with Crippen molar-refractivity contribution in [3.63, 3.8) is 0 Å². The Morgan fingerprint density at radius 3 is 2.75 bits per heavy atom. The number of H-pyrrole nitrogens is 1. The molecule has 0 aliphatic heterocycles. The zero-order valence-electron chi connectivity index (χ0n) is 12.0. The number of aromatic amines is 1. The molecule has 0 radical (unpaired) electrons. The molecule has 0 aliphatic rings. The van der Waals surface area contributed by atoms with Crippen LogP contribution in [0.4, 0.5) is 0 Å². The van der Waals surface area contributed by atoms with Crippen molar-refractivity contribution in [2.75, 3.05) is 0 Å². The first-order valence-electron chi connectivity index (χ1n) is 6.96. The van der Waals surface area contributed by atoms with Gasteiger partial charge in [-0.15, -0.1) is 0 Å². The predicted octanol–water partition coefficient (Wildman–Crippen LogP) is 2.40. The van der Waals surface area contributed by atoms with Gasteiger partial charge in [-0.05, 0) is 25.8 Å². The topological polar surface area (TPSA) is 57.8 Å². The summed E-state index contributed by atoms with van der Waals surface area (Å²) in [6.07, 6.45) is 5.44. The minimum absolute atomic E-state index is 0.0704. The van der Waals surface area contributed by atoms with Crippen LogP contribution in [0.2, 0.25) is 0 Å². The van der Waals surface area contributed by atoms with Gasteiger partial charge in [-0.1, -0.05) is 29.8 Å². The van der Waals surface area contributed by atoms with E-state index in [1.54, 1.807) is 12.4 Å². The zero-order chi connectivity index (χ0) is 14.4. The molecule has 0 spiro atoms. The molecular formula is C16H21N3O. The Bertz CT molecular complexity index is 531. The van der Waals surface area contributed by atoms with Crippen LogP contribution in [-0.4, -0.2) is 21.9 Å². The van der Waals surface area contributed by atoms with Crippen LogP contribution in [0.15, 0.2) is 36.7 Å². The van der Waals surface area contributed by atoms with E-state index < -0.39 is 0 Å². The van der Waals surface area contributed by atoms with Crippen molar-refractivity contribution in [3.8, 4) is 0 Å². The zero-order valence-corrected chi connectivity index (χ0v) is 12.0. The monoisotopic (exact) mass is 271 g/mol. The van der Waals surface area contributed by atoms with E-state index in [1.807, 2.05) is 6.92 Å². The van der Waals surface area contributed by atoms with E-state index >= 15 is 0 Å². The van der Waals surface area contributed by atoms with Crippen LogP contribution in [0, 0.1) is 6.92 Å². The number of hydrogen-bond acceptors (Lipinski definition) is 2. The van der Waals surface area contributed by atoms with Crippen LogP contribution < -0.4 is 5.32 Å². The largest absolute Gasteiger partial charge is 0.353 e. The molecule has 1 heterocycles. The molecule has 1 atom stereocenters. The number of hydrogen-bond donors (Lipinski definition) is 2. The van der Waals surface area contributed by atoms with Crippen LogP contribution >= 0.6 is 0 Å². The Balaban J connectivity index is 1.74. The molecule has 2 N–H and O–H groups in total. The fraction of sp³-hybridized carbons (Fsp3) is 0.375. The van der Waals surface area contributed by atoms with Gasteiger partial charge in [0.1, 0.15) is 5.82 Å². The Kier molecular flexibility index (Phi) is 4.93. The van der Waals surface area contributed by atoms with Gasteiger partial charge in [0.2, 0.25) is 5.91 Å². The molecule has 4 heteroatoms. The summed E-state index contributed by atoms with van der Waals surface area (Å²) in [5, 5.41) is 3.02. The van der Waals surface area contributed by atoms with Gasteiger partial charge in [0.15, 0.2) is 0 Å². The van der Waals surface area contributed by atoms with E-state index in [0.717, 1.165) is 12.2 Å². The quantitative estimate of drug-likeness (QED) is 0.847. The van der Waals surface area contributed by atoms with Gasteiger partial charge in [-0.2, -0.15) is 0 Å². The average molecular weight is 271 g/mol. The first-order valence-corrected chi connectivity index (χ1v) is 6.96. The van der Waals surface area contributed by atoms with Crippen molar-refractivity contribution < 1.29 is 4.79 Å². The molecule has 0 fully saturated rings. The summed E-state index contributed by atoms with van der Waals surface area (Å²) >= 11 is 0. The highest BCUT2D eigenvalue weighted by Crippen LogP contribution is 2.06. The van der Waals surface area contributed by atoms with Crippen molar-refractivity contribution in [1.82, 2.24) is 15.3 Å². The second kappa shape index (κ2) is 6.89. The number of benzene rings is 1. The van der Waals surface area contributed by atoms with Gasteiger partial charge in [-0.3, -0.25) is 4.79 Å². The fourth-order valence-electron chi connectivity index (χ4n) is 2.14. The van der Waals surface area contributed by atoms with Crippen LogP contribution in [0.3, 0.4) is 0 Å². The summed E-state index contributed by atoms with van der Waals surface area (Å²) in [6, 6.07) is 8.56. The van der Waals surface area contributed by atoms with E-state index in [2.05, 4.69) is 46.5 Å². The minimum Gasteiger partial charge on any atom is -0.353 e. The van der Waals surface area contributed by atoms with Gasteiger partial charge < -0.3 is 10.3 Å². The lowest BCUT2D eigenvalue weighted by Crippen LogP contribution is -2.34. The Morgan fingerprint density at radius 1 is 1.35 bits per heavy atom. The molecule has 1 aromatic carbocycles. The summed E-state index contributed by atoms with van der Waals surface area (Å²) in [7, 11) is 0. The maximum Gasteiger partial charge on any atom is 0.220 e. The smallest absolute Gasteiger partial charge is 0.220 e. The van der Waals surface area contributed by atoms with Crippen molar-refractivity contribution >= 4 is 5.91 Å². The molecule has 20 heavy (non-hydrogen) atoms. The summed E-state index contributed by atoms with van der Waals surface area (Å²) in [6.45, 7) is 4.11. The molecule has 4 nitrogen and oxygen atoms in total. The molecule has 0 saturated heterocycles. The first kappa shape index (κ1) is 14.3. The number of aromatic nitrogens is 2. The SMILES string of the molecule is Cc1ccc(CC(C)NC(=O)CCc2ncc[nH]2)cc1. The molecule has 1 unspecified atom stereocenters. The molecule has 0 aliphatic carbocycles. The molecule has 0 bridgehead atoms. The summed E-state index contributed by atoms with van der Waals surface area (Å²) < 4.78 is 0. The van der Waals surface area contributed by atoms with Gasteiger partial charge in [0, 0.05) is 31.3 Å². The standard InChI is InChI=1S/C16H21N3O/c1-12-3-5-14(6-4-12)11-13(2)19-16(20)8-7-15-17-9-10-18-15/h3-6,9-10,13H,7-8,11H2,1-2H3,(H,17,18)(H,19,20). The highest BCUT2D eigenvalue weighted by Gasteiger charge is 2.09. The summed E-state index contributed by atoms with van der Waals surface area (Å²) in [5.74, 6) is 0.923. The third-order valence-corrected chi connectivity index (χ3v) is 3.21. The molecular weight excluding hydrogens is 250 g/mol. The third kappa shape index (κ3) is 4.53. The molecule has 2 aromatic rings. The predicted molar refractivity (Wildman–Crippen MR) is 79.4 cm³/mol. The number of imidazole rings is 1. The van der Waals surface area contributed by atoms with Crippen molar-refractivity contribution in [3.05, 3.63) is 53.6 Å². The van der Waals surface area contributed by atoms with E-state index in [9.17, 15) is 4.79 Å². The Morgan fingerprint density at radius 2 is 2.10 bits per heavy atom. The fourth-order valence-corrected chi connectivity index (χ4v) is 2.14. The number of carbonyl (C=O) groups excluding carboxylic acids is 1. The van der Waals surface area contributed by atoms with Crippen LogP contribution in [0.1, 0.15) is 30.3 Å². The van der Waals surface area contributed by atoms with Gasteiger partial charge in [-0.25, -0.2) is 4.98 Å². The second-order valence-corrected chi connectivity index (χ2v) is 5.19. The third-order valence-electron chi connectivity index (χ3n) is 3.21. The van der Waals surface area contributed by atoms with Gasteiger partial charge in [0.25, 0.3) is 0 Å². The second-order valence-electron chi connectivity index (χ2n) is 5.19. The van der Waals surface area contributed by atoms with Gasteiger partial charge in [0.05, 0.1) is 0 Å². The average Bonchev–Trinajstić information content (AvgIpc) is 2.92. The number of nitrogens with one attached hydrogen (secondary N) is 2. The maximum absolute atomic E-state index is 11.8. The summed E-state index contributed by atoms with van der Waals surface area (Å²) in [5.41, 5.74) is 2.50. The van der Waals surface area contributed by atoms with E-state index in [4.69, 9.17) is 0 Å². The van der Waals surface area contributed by atoms with E-state index in [1.165, 1.54) is 11.1 Å². The molecule has 1 aromatic heterocycles. The maximum atomic E-state index is 11.8. The highest BCUT2D eigenvalue weighted by molar-refractivity contribution is 5.76. The van der Waals surface area contributed by atoms with Crippen molar-refractivity contribution in [1.29, 1.82) is 0 Å². The van der Waals surface area contributed by atoms with Crippen molar-refractivity contribution in [2.45, 2.75) is 39.2 Å². The Labute approximate surface area is 119 Å². The molecule has 2 rings (SSSR count). The van der Waals surface area contributed by atoms with Crippen LogP contribution in [0.5, 0.6) is 0 Å². The number of rotatable bonds is 6. The normalized spacial score (nSPS) is 12.1. The van der Waals surface area contributed by atoms with Gasteiger partial charge >= 0.3 is 0 Å². The number of nitrogens with zero attached hydrogens (tertiary/aromatic N) is 1. The molecule has 1 amide bonds. The minimum atomic E-state index is 0.0704. The van der Waals surface area contributed by atoms with Crippen LogP contribution in [0.25, 0.3) is 0 Å². The highest BCUT2D eigenvalue weighted by atomic mass is 16.1. The summed E-state index contributed by atoms with van der Waals surface area (Å²) in [4.78, 5) is 18.9. The lowest BCUT2D eigenvalue weighted by atomic mass is 10.1. The number of amides is 1. The lowest BCUT2D eigenvalue weighted by molar-refractivity contribution is -0.121. The van der Waals surface area contributed by atoms with Crippen LogP contribution in [-0.2, 0) is 17.6 Å². The number of carbonyl (C=O) groups is 1. The van der Waals surface area contributed by atoms with Crippen molar-refractivity contribution in [2.24, 2.45) is 0 Å².